The van der Waals surface area contributed by atoms with Crippen LogP contribution in [-0.4, -0.2) is 29.3 Å². The molecule has 3 N–H and O–H groups in total. The molecule has 5 nitrogen and oxygen atoms in total. The van der Waals surface area contributed by atoms with Crippen LogP contribution in [0.25, 0.3) is 0 Å². The Morgan fingerprint density at radius 3 is 2.44 bits per heavy atom. The number of hydrogen-bond donors (Lipinski definition) is 2. The molecule has 0 saturated heterocycles. The SMILES string of the molecule is CCc1ccc(NC(=O)CN2Cc3ccccc3C[C@H]2C(N)=O)cc1. The van der Waals surface area contributed by atoms with E-state index in [9.17, 15) is 9.59 Å². The van der Waals surface area contributed by atoms with Crippen LogP contribution in [0.5, 0.6) is 0 Å². The van der Waals surface area contributed by atoms with Crippen molar-refractivity contribution in [3.05, 3.63) is 65.2 Å². The van der Waals surface area contributed by atoms with Gasteiger partial charge in [-0.15, -0.1) is 0 Å². The number of benzene rings is 2. The standard InChI is InChI=1S/C20H23N3O2/c1-2-14-7-9-17(10-8-14)22-19(24)13-23-12-16-6-4-3-5-15(16)11-18(23)20(21)25/h3-10,18H,2,11-13H2,1H3,(H2,21,25)(H,22,24)/t18-/m0/s1. The first-order valence-electron chi connectivity index (χ1n) is 8.55. The van der Waals surface area contributed by atoms with Gasteiger partial charge in [0.1, 0.15) is 0 Å². The summed E-state index contributed by atoms with van der Waals surface area (Å²) < 4.78 is 0. The van der Waals surface area contributed by atoms with Gasteiger partial charge in [0, 0.05) is 12.2 Å². The maximum absolute atomic E-state index is 12.4. The van der Waals surface area contributed by atoms with Crippen molar-refractivity contribution in [1.82, 2.24) is 4.90 Å². The summed E-state index contributed by atoms with van der Waals surface area (Å²) in [7, 11) is 0. The minimum absolute atomic E-state index is 0.136. The summed E-state index contributed by atoms with van der Waals surface area (Å²) in [6.45, 7) is 2.77. The number of anilines is 1. The van der Waals surface area contributed by atoms with Crippen LogP contribution in [0.1, 0.15) is 23.6 Å². The summed E-state index contributed by atoms with van der Waals surface area (Å²) in [6.07, 6.45) is 1.51. The molecular weight excluding hydrogens is 314 g/mol. The number of carbonyl (C=O) groups excluding carboxylic acids is 2. The molecule has 2 amide bonds. The second-order valence-electron chi connectivity index (χ2n) is 6.39. The lowest BCUT2D eigenvalue weighted by atomic mass is 9.93. The fraction of sp³-hybridized carbons (Fsp3) is 0.300. The van der Waals surface area contributed by atoms with Gasteiger partial charge in [0.2, 0.25) is 11.8 Å². The van der Waals surface area contributed by atoms with Crippen molar-refractivity contribution in [3.63, 3.8) is 0 Å². The van der Waals surface area contributed by atoms with Gasteiger partial charge < -0.3 is 11.1 Å². The van der Waals surface area contributed by atoms with Crippen LogP contribution in [0.3, 0.4) is 0 Å². The fourth-order valence-electron chi connectivity index (χ4n) is 3.23. The summed E-state index contributed by atoms with van der Waals surface area (Å²) in [5, 5.41) is 2.89. The molecule has 0 fully saturated rings. The number of nitrogens with one attached hydrogen (secondary N) is 1. The number of amides is 2. The minimum Gasteiger partial charge on any atom is -0.368 e. The van der Waals surface area contributed by atoms with Gasteiger partial charge in [-0.1, -0.05) is 43.3 Å². The molecule has 0 spiro atoms. The Kier molecular flexibility index (Phi) is 5.14. The Balaban J connectivity index is 1.69. The van der Waals surface area contributed by atoms with Crippen LogP contribution >= 0.6 is 0 Å². The van der Waals surface area contributed by atoms with Crippen molar-refractivity contribution in [2.45, 2.75) is 32.4 Å². The fourth-order valence-corrected chi connectivity index (χ4v) is 3.23. The van der Waals surface area contributed by atoms with Crippen LogP contribution in [0.2, 0.25) is 0 Å². The van der Waals surface area contributed by atoms with Gasteiger partial charge in [0.15, 0.2) is 0 Å². The molecule has 0 saturated carbocycles. The average Bonchev–Trinajstić information content (AvgIpc) is 2.61. The summed E-state index contributed by atoms with van der Waals surface area (Å²) in [5.74, 6) is -0.538. The van der Waals surface area contributed by atoms with Crippen LogP contribution in [0.15, 0.2) is 48.5 Å². The van der Waals surface area contributed by atoms with Crippen molar-refractivity contribution in [2.75, 3.05) is 11.9 Å². The summed E-state index contributed by atoms with van der Waals surface area (Å²) in [4.78, 5) is 26.1. The zero-order valence-corrected chi connectivity index (χ0v) is 14.4. The third-order valence-electron chi connectivity index (χ3n) is 4.67. The van der Waals surface area contributed by atoms with Gasteiger partial charge in [0.05, 0.1) is 12.6 Å². The van der Waals surface area contributed by atoms with E-state index in [0.29, 0.717) is 13.0 Å². The number of fused-ring (bicyclic) bond motifs is 1. The first kappa shape index (κ1) is 17.2. The zero-order chi connectivity index (χ0) is 17.8. The van der Waals surface area contributed by atoms with E-state index in [-0.39, 0.29) is 12.5 Å². The van der Waals surface area contributed by atoms with Crippen LogP contribution in [0.4, 0.5) is 5.69 Å². The lowest BCUT2D eigenvalue weighted by Crippen LogP contribution is -2.50. The number of primary amides is 1. The molecule has 0 unspecified atom stereocenters. The Bertz CT molecular complexity index is 771. The molecule has 5 heteroatoms. The van der Waals surface area contributed by atoms with Gasteiger partial charge in [0.25, 0.3) is 0 Å². The first-order chi connectivity index (χ1) is 12.1. The van der Waals surface area contributed by atoms with Crippen molar-refractivity contribution in [3.8, 4) is 0 Å². The van der Waals surface area contributed by atoms with Gasteiger partial charge in [-0.05, 0) is 41.7 Å². The third-order valence-corrected chi connectivity index (χ3v) is 4.67. The van der Waals surface area contributed by atoms with E-state index in [1.165, 1.54) is 5.56 Å². The molecule has 1 atom stereocenters. The van der Waals surface area contributed by atoms with E-state index in [2.05, 4.69) is 12.2 Å². The predicted molar refractivity (Wildman–Crippen MR) is 98.0 cm³/mol. The number of carbonyl (C=O) groups is 2. The maximum atomic E-state index is 12.4. The molecule has 130 valence electrons. The summed E-state index contributed by atoms with van der Waals surface area (Å²) in [6, 6.07) is 15.3. The molecule has 25 heavy (non-hydrogen) atoms. The normalized spacial score (nSPS) is 16.9. The zero-order valence-electron chi connectivity index (χ0n) is 14.4. The van der Waals surface area contributed by atoms with Crippen LogP contribution in [0, 0.1) is 0 Å². The van der Waals surface area contributed by atoms with Gasteiger partial charge in [-0.3, -0.25) is 14.5 Å². The molecule has 1 heterocycles. The summed E-state index contributed by atoms with van der Waals surface area (Å²) in [5.41, 5.74) is 9.81. The second-order valence-corrected chi connectivity index (χ2v) is 6.39. The molecule has 0 aromatic heterocycles. The van der Waals surface area contributed by atoms with Crippen LogP contribution < -0.4 is 11.1 Å². The molecule has 2 aromatic carbocycles. The Hall–Kier alpha value is -2.66. The van der Waals surface area contributed by atoms with E-state index < -0.39 is 11.9 Å². The van der Waals surface area contributed by atoms with E-state index in [0.717, 1.165) is 23.2 Å². The van der Waals surface area contributed by atoms with Crippen molar-refractivity contribution in [2.24, 2.45) is 5.73 Å². The number of aryl methyl sites for hydroxylation is 1. The Morgan fingerprint density at radius 2 is 1.80 bits per heavy atom. The van der Waals surface area contributed by atoms with E-state index in [1.807, 2.05) is 53.4 Å². The largest absolute Gasteiger partial charge is 0.368 e. The molecule has 0 bridgehead atoms. The average molecular weight is 337 g/mol. The second kappa shape index (κ2) is 7.49. The molecule has 1 aliphatic heterocycles. The smallest absolute Gasteiger partial charge is 0.238 e. The molecule has 1 aliphatic rings. The van der Waals surface area contributed by atoms with Gasteiger partial charge in [-0.2, -0.15) is 0 Å². The third kappa shape index (κ3) is 4.06. The van der Waals surface area contributed by atoms with Gasteiger partial charge >= 0.3 is 0 Å². The van der Waals surface area contributed by atoms with E-state index in [4.69, 9.17) is 5.73 Å². The maximum Gasteiger partial charge on any atom is 0.238 e. The predicted octanol–water partition coefficient (Wildman–Crippen LogP) is 2.10. The first-order valence-corrected chi connectivity index (χ1v) is 8.55. The highest BCUT2D eigenvalue weighted by Gasteiger charge is 2.31. The number of rotatable bonds is 5. The Morgan fingerprint density at radius 1 is 1.12 bits per heavy atom. The molecule has 0 radical (unpaired) electrons. The minimum atomic E-state index is -0.455. The summed E-state index contributed by atoms with van der Waals surface area (Å²) >= 11 is 0. The Labute approximate surface area is 147 Å². The number of nitrogens with zero attached hydrogens (tertiary/aromatic N) is 1. The molecule has 2 aromatic rings. The lowest BCUT2D eigenvalue weighted by Gasteiger charge is -2.34. The molecule has 3 rings (SSSR count). The highest BCUT2D eigenvalue weighted by Crippen LogP contribution is 2.23. The number of nitrogens with two attached hydrogens (primary N) is 1. The van der Waals surface area contributed by atoms with Crippen molar-refractivity contribution >= 4 is 17.5 Å². The molecular formula is C20H23N3O2. The topological polar surface area (TPSA) is 75.4 Å². The van der Waals surface area contributed by atoms with Crippen molar-refractivity contribution in [1.29, 1.82) is 0 Å². The number of hydrogen-bond acceptors (Lipinski definition) is 3. The lowest BCUT2D eigenvalue weighted by molar-refractivity contribution is -0.125. The monoisotopic (exact) mass is 337 g/mol. The van der Waals surface area contributed by atoms with E-state index >= 15 is 0 Å². The highest BCUT2D eigenvalue weighted by atomic mass is 16.2. The van der Waals surface area contributed by atoms with Crippen molar-refractivity contribution < 1.29 is 9.59 Å². The highest BCUT2D eigenvalue weighted by molar-refractivity contribution is 5.93. The van der Waals surface area contributed by atoms with Gasteiger partial charge in [-0.25, -0.2) is 0 Å². The van der Waals surface area contributed by atoms with Crippen LogP contribution in [-0.2, 0) is 29.0 Å². The van der Waals surface area contributed by atoms with E-state index in [1.54, 1.807) is 0 Å². The quantitative estimate of drug-likeness (QED) is 0.877. The molecule has 0 aliphatic carbocycles.